The van der Waals surface area contributed by atoms with E-state index in [0.717, 1.165) is 20.2 Å². The molecule has 0 aliphatic heterocycles. The summed E-state index contributed by atoms with van der Waals surface area (Å²) in [5.41, 5.74) is 0.799. The normalized spacial score (nSPS) is 10.7. The van der Waals surface area contributed by atoms with Crippen LogP contribution in [-0.2, 0) is 13.7 Å². The first-order valence-corrected chi connectivity index (χ1v) is 6.22. The largest absolute Gasteiger partial charge is 0.390 e. The molecule has 2 heterocycles. The average Bonchev–Trinajstić information content (AvgIpc) is 2.63. The Morgan fingerprint density at radius 1 is 1.50 bits per heavy atom. The van der Waals surface area contributed by atoms with Crippen LogP contribution in [0.2, 0.25) is 0 Å². The molecule has 0 aliphatic rings. The Hall–Kier alpha value is -0.850. The molecular weight excluding hydrogens is 290 g/mol. The molecule has 0 atom stereocenters. The smallest absolute Gasteiger partial charge is 0.172 e. The Kier molecular flexibility index (Phi) is 3.63. The van der Waals surface area contributed by atoms with Crippen LogP contribution in [0, 0.1) is 0 Å². The van der Waals surface area contributed by atoms with Crippen LogP contribution in [0.1, 0.15) is 5.69 Å². The second-order valence-electron chi connectivity index (χ2n) is 3.16. The lowest BCUT2D eigenvalue weighted by atomic mass is 10.5. The lowest BCUT2D eigenvalue weighted by Crippen LogP contribution is -1.97. The standard InChI is InChI=1S/C10H10BrN3OS/c1-14-7(6-15)4-13-10(14)16-9-2-3-12-5-8(9)11/h2-5,15H,6H2,1H3. The fourth-order valence-corrected chi connectivity index (χ4v) is 2.54. The molecule has 0 saturated heterocycles. The predicted octanol–water partition coefficient (Wildman–Crippen LogP) is 2.22. The number of rotatable bonds is 3. The van der Waals surface area contributed by atoms with Gasteiger partial charge in [0.25, 0.3) is 0 Å². The number of hydrogen-bond donors (Lipinski definition) is 1. The summed E-state index contributed by atoms with van der Waals surface area (Å²) in [5.74, 6) is 0. The molecule has 1 N–H and O–H groups in total. The monoisotopic (exact) mass is 299 g/mol. The highest BCUT2D eigenvalue weighted by molar-refractivity contribution is 9.10. The third-order valence-electron chi connectivity index (χ3n) is 2.14. The van der Waals surface area contributed by atoms with Crippen molar-refractivity contribution in [2.75, 3.05) is 0 Å². The second-order valence-corrected chi connectivity index (χ2v) is 5.02. The van der Waals surface area contributed by atoms with Gasteiger partial charge < -0.3 is 9.67 Å². The summed E-state index contributed by atoms with van der Waals surface area (Å²) in [6, 6.07) is 1.92. The summed E-state index contributed by atoms with van der Waals surface area (Å²) in [6.07, 6.45) is 5.17. The van der Waals surface area contributed by atoms with E-state index in [0.29, 0.717) is 0 Å². The summed E-state index contributed by atoms with van der Waals surface area (Å²) in [7, 11) is 1.88. The van der Waals surface area contributed by atoms with E-state index >= 15 is 0 Å². The first-order chi connectivity index (χ1) is 7.72. The molecule has 2 aromatic rings. The van der Waals surface area contributed by atoms with Crippen LogP contribution in [-0.4, -0.2) is 19.6 Å². The first-order valence-electron chi connectivity index (χ1n) is 4.61. The number of halogens is 1. The van der Waals surface area contributed by atoms with Crippen molar-refractivity contribution in [2.24, 2.45) is 7.05 Å². The molecule has 0 bridgehead atoms. The highest BCUT2D eigenvalue weighted by Crippen LogP contribution is 2.31. The van der Waals surface area contributed by atoms with Gasteiger partial charge in [-0.05, 0) is 22.0 Å². The molecule has 2 aromatic heterocycles. The van der Waals surface area contributed by atoms with Gasteiger partial charge in [-0.1, -0.05) is 11.8 Å². The maximum Gasteiger partial charge on any atom is 0.172 e. The summed E-state index contributed by atoms with van der Waals surface area (Å²) < 4.78 is 2.81. The molecule has 0 aliphatic carbocycles. The highest BCUT2D eigenvalue weighted by Gasteiger charge is 2.09. The number of aliphatic hydroxyl groups excluding tert-OH is 1. The maximum atomic E-state index is 9.06. The Balaban J connectivity index is 2.27. The molecule has 6 heteroatoms. The van der Waals surface area contributed by atoms with Crippen LogP contribution in [0.25, 0.3) is 0 Å². The molecule has 0 spiro atoms. The molecule has 0 fully saturated rings. The Morgan fingerprint density at radius 2 is 2.31 bits per heavy atom. The Morgan fingerprint density at radius 3 is 2.94 bits per heavy atom. The van der Waals surface area contributed by atoms with Gasteiger partial charge >= 0.3 is 0 Å². The Labute approximate surface area is 106 Å². The average molecular weight is 300 g/mol. The van der Waals surface area contributed by atoms with Gasteiger partial charge in [-0.25, -0.2) is 4.98 Å². The van der Waals surface area contributed by atoms with Crippen molar-refractivity contribution >= 4 is 27.7 Å². The second kappa shape index (κ2) is 4.99. The first kappa shape index (κ1) is 11.6. The van der Waals surface area contributed by atoms with Crippen LogP contribution in [0.15, 0.2) is 39.2 Å². The number of aromatic nitrogens is 3. The molecular formula is C10H10BrN3OS. The molecule has 0 aromatic carbocycles. The van der Waals surface area contributed by atoms with Crippen LogP contribution >= 0.6 is 27.7 Å². The quantitative estimate of drug-likeness (QED) is 0.944. The summed E-state index contributed by atoms with van der Waals surface area (Å²) in [5, 5.41) is 9.91. The van der Waals surface area contributed by atoms with Gasteiger partial charge in [-0.2, -0.15) is 0 Å². The fraction of sp³-hybridized carbons (Fsp3) is 0.200. The SMILES string of the molecule is Cn1c(CO)cnc1Sc1ccncc1Br. The summed E-state index contributed by atoms with van der Waals surface area (Å²) in [6.45, 7) is 0.00156. The Bertz CT molecular complexity index is 501. The fourth-order valence-electron chi connectivity index (χ4n) is 1.21. The van der Waals surface area contributed by atoms with Crippen molar-refractivity contribution in [3.63, 3.8) is 0 Å². The number of hydrogen-bond acceptors (Lipinski definition) is 4. The minimum atomic E-state index is 0.00156. The minimum absolute atomic E-state index is 0.00156. The number of nitrogens with zero attached hydrogens (tertiary/aromatic N) is 3. The van der Waals surface area contributed by atoms with E-state index in [1.165, 1.54) is 11.8 Å². The van der Waals surface area contributed by atoms with Gasteiger partial charge in [0.05, 0.1) is 18.5 Å². The molecule has 84 valence electrons. The van der Waals surface area contributed by atoms with Crippen LogP contribution in [0.4, 0.5) is 0 Å². The number of pyridine rings is 1. The predicted molar refractivity (Wildman–Crippen MR) is 65.2 cm³/mol. The van der Waals surface area contributed by atoms with Gasteiger partial charge in [-0.3, -0.25) is 4.98 Å². The van der Waals surface area contributed by atoms with E-state index in [1.54, 1.807) is 18.6 Å². The van der Waals surface area contributed by atoms with Crippen molar-refractivity contribution in [1.29, 1.82) is 0 Å². The molecule has 0 saturated carbocycles. The molecule has 0 amide bonds. The minimum Gasteiger partial charge on any atom is -0.390 e. The highest BCUT2D eigenvalue weighted by atomic mass is 79.9. The van der Waals surface area contributed by atoms with Gasteiger partial charge in [0.15, 0.2) is 5.16 Å². The van der Waals surface area contributed by atoms with Gasteiger partial charge in [0.2, 0.25) is 0 Å². The number of imidazole rings is 1. The molecule has 16 heavy (non-hydrogen) atoms. The van der Waals surface area contributed by atoms with Crippen molar-refractivity contribution in [3.8, 4) is 0 Å². The van der Waals surface area contributed by atoms with Crippen molar-refractivity contribution in [1.82, 2.24) is 14.5 Å². The molecule has 2 rings (SSSR count). The number of aliphatic hydroxyl groups is 1. The molecule has 4 nitrogen and oxygen atoms in total. The van der Waals surface area contributed by atoms with E-state index in [9.17, 15) is 0 Å². The summed E-state index contributed by atoms with van der Waals surface area (Å²) >= 11 is 4.96. The third kappa shape index (κ3) is 2.28. The van der Waals surface area contributed by atoms with E-state index < -0.39 is 0 Å². The van der Waals surface area contributed by atoms with Gasteiger partial charge in [-0.15, -0.1) is 0 Å². The lowest BCUT2D eigenvalue weighted by Gasteiger charge is -2.04. The van der Waals surface area contributed by atoms with Crippen LogP contribution in [0.3, 0.4) is 0 Å². The molecule has 0 radical (unpaired) electrons. The van der Waals surface area contributed by atoms with Gasteiger partial charge in [0, 0.05) is 28.8 Å². The zero-order valence-electron chi connectivity index (χ0n) is 8.59. The van der Waals surface area contributed by atoms with E-state index in [1.807, 2.05) is 17.7 Å². The molecule has 0 unspecified atom stereocenters. The summed E-state index contributed by atoms with van der Waals surface area (Å²) in [4.78, 5) is 9.30. The zero-order chi connectivity index (χ0) is 11.5. The van der Waals surface area contributed by atoms with E-state index in [-0.39, 0.29) is 6.61 Å². The van der Waals surface area contributed by atoms with E-state index in [4.69, 9.17) is 5.11 Å². The zero-order valence-corrected chi connectivity index (χ0v) is 11.0. The van der Waals surface area contributed by atoms with Crippen LogP contribution < -0.4 is 0 Å². The third-order valence-corrected chi connectivity index (χ3v) is 4.17. The maximum absolute atomic E-state index is 9.06. The van der Waals surface area contributed by atoms with Crippen LogP contribution in [0.5, 0.6) is 0 Å². The van der Waals surface area contributed by atoms with Crippen molar-refractivity contribution in [2.45, 2.75) is 16.7 Å². The lowest BCUT2D eigenvalue weighted by molar-refractivity contribution is 0.271. The van der Waals surface area contributed by atoms with E-state index in [2.05, 4.69) is 25.9 Å². The van der Waals surface area contributed by atoms with Crippen molar-refractivity contribution in [3.05, 3.63) is 34.8 Å². The van der Waals surface area contributed by atoms with Gasteiger partial charge in [0.1, 0.15) is 0 Å². The van der Waals surface area contributed by atoms with Crippen molar-refractivity contribution < 1.29 is 5.11 Å². The topological polar surface area (TPSA) is 50.9 Å².